The number of rotatable bonds is 32. The molecule has 0 spiro atoms. The first-order valence-electron chi connectivity index (χ1n) is 31.9. The van der Waals surface area contributed by atoms with Crippen molar-refractivity contribution in [2.45, 2.75) is 218 Å². The van der Waals surface area contributed by atoms with Gasteiger partial charge in [-0.05, 0) is 113 Å². The number of thiophene rings is 1. The zero-order chi connectivity index (χ0) is 53.6. The number of nitrogens with zero attached hydrogens (tertiary/aromatic N) is 1. The van der Waals surface area contributed by atoms with Gasteiger partial charge in [-0.25, -0.2) is 0 Å². The number of benzene rings is 7. The molecule has 0 atom stereocenters. The second-order valence-corrected chi connectivity index (χ2v) is 25.0. The molecule has 0 saturated heterocycles. The van der Waals surface area contributed by atoms with Crippen LogP contribution in [0.5, 0.6) is 0 Å². The molecule has 1 nitrogen and oxygen atoms in total. The van der Waals surface area contributed by atoms with Crippen LogP contribution in [0, 0.1) is 0 Å². The van der Waals surface area contributed by atoms with Crippen LogP contribution in [0.3, 0.4) is 0 Å². The van der Waals surface area contributed by atoms with E-state index >= 15 is 0 Å². The van der Waals surface area contributed by atoms with Crippen LogP contribution in [-0.4, -0.2) is 0 Å². The molecule has 0 fully saturated rings. The fraction of sp³-hybridized carbons (Fsp3) is 0.447. The molecule has 2 heteroatoms. The van der Waals surface area contributed by atoms with Gasteiger partial charge in [-0.3, -0.25) is 0 Å². The van der Waals surface area contributed by atoms with Gasteiger partial charge in [0.05, 0.1) is 11.4 Å². The molecule has 0 bridgehead atoms. The Balaban J connectivity index is 1.13. The predicted octanol–water partition coefficient (Wildman–Crippen LogP) is 24.7. The number of hydrogen-bond acceptors (Lipinski definition) is 2. The number of fused-ring (bicyclic) bond motifs is 9. The van der Waals surface area contributed by atoms with Crippen molar-refractivity contribution in [1.29, 1.82) is 0 Å². The first-order chi connectivity index (χ1) is 38.6. The Kier molecular flexibility index (Phi) is 19.4. The van der Waals surface area contributed by atoms with Gasteiger partial charge in [0, 0.05) is 47.8 Å². The van der Waals surface area contributed by atoms with Crippen molar-refractivity contribution in [2.75, 3.05) is 4.90 Å². The summed E-state index contributed by atoms with van der Waals surface area (Å²) in [6, 6.07) is 60.1. The zero-order valence-corrected chi connectivity index (χ0v) is 49.4. The highest BCUT2D eigenvalue weighted by Gasteiger charge is 2.46. The fourth-order valence-corrected chi connectivity index (χ4v) is 15.7. The zero-order valence-electron chi connectivity index (χ0n) is 48.6. The minimum Gasteiger partial charge on any atom is -0.309 e. The smallest absolute Gasteiger partial charge is 0.0543 e. The lowest BCUT2D eigenvalue weighted by Gasteiger charge is -2.35. The van der Waals surface area contributed by atoms with Crippen molar-refractivity contribution in [3.63, 3.8) is 0 Å². The van der Waals surface area contributed by atoms with Gasteiger partial charge < -0.3 is 4.90 Å². The van der Waals surface area contributed by atoms with Gasteiger partial charge in [0.2, 0.25) is 0 Å². The molecule has 78 heavy (non-hydrogen) atoms. The van der Waals surface area contributed by atoms with Crippen molar-refractivity contribution in [1.82, 2.24) is 0 Å². The van der Waals surface area contributed by atoms with E-state index < -0.39 is 0 Å². The van der Waals surface area contributed by atoms with Gasteiger partial charge in [0.1, 0.15) is 0 Å². The van der Waals surface area contributed by atoms with Crippen molar-refractivity contribution in [3.8, 4) is 33.4 Å². The lowest BCUT2D eigenvalue weighted by Crippen LogP contribution is -2.26. The van der Waals surface area contributed by atoms with Crippen LogP contribution >= 0.6 is 11.3 Å². The maximum absolute atomic E-state index is 2.74. The van der Waals surface area contributed by atoms with Crippen LogP contribution in [0.4, 0.5) is 17.1 Å². The van der Waals surface area contributed by atoms with Gasteiger partial charge in [-0.2, -0.15) is 0 Å². The molecule has 10 rings (SSSR count). The largest absolute Gasteiger partial charge is 0.309 e. The molecule has 2 aliphatic rings. The third-order valence-corrected chi connectivity index (χ3v) is 19.8. The topological polar surface area (TPSA) is 3.24 Å². The van der Waals surface area contributed by atoms with Crippen LogP contribution in [0.1, 0.15) is 230 Å². The van der Waals surface area contributed by atoms with Crippen molar-refractivity contribution < 1.29 is 0 Å². The van der Waals surface area contributed by atoms with Crippen molar-refractivity contribution >= 4 is 48.6 Å². The van der Waals surface area contributed by atoms with E-state index in [1.807, 2.05) is 11.3 Å². The SMILES string of the molecule is CCCCCCCCC1(CCCCCCCC)c2ccccc2-c2c(N(c3ccc(-c4ccc5sc6ccccc6c5c4)cc3)c3cccc4c3-c3ccccc3C4(CCCCCCCC)CCCCCCCC)cccc21. The van der Waals surface area contributed by atoms with Crippen LogP contribution in [0.2, 0.25) is 0 Å². The summed E-state index contributed by atoms with van der Waals surface area (Å²) in [7, 11) is 0. The van der Waals surface area contributed by atoms with Gasteiger partial charge in [-0.15, -0.1) is 11.3 Å². The second-order valence-electron chi connectivity index (χ2n) is 23.9. The second kappa shape index (κ2) is 27.1. The molecule has 0 saturated carbocycles. The highest BCUT2D eigenvalue weighted by Crippen LogP contribution is 2.61. The summed E-state index contributed by atoms with van der Waals surface area (Å²) < 4.78 is 2.71. The molecule has 1 aromatic heterocycles. The van der Waals surface area contributed by atoms with E-state index in [1.54, 1.807) is 22.3 Å². The highest BCUT2D eigenvalue weighted by molar-refractivity contribution is 7.25. The third-order valence-electron chi connectivity index (χ3n) is 18.7. The summed E-state index contributed by atoms with van der Waals surface area (Å²) in [5.74, 6) is 0. The summed E-state index contributed by atoms with van der Waals surface area (Å²) in [4.78, 5) is 2.74. The lowest BCUT2D eigenvalue weighted by atomic mass is 9.70. The Bertz CT molecular complexity index is 3000. The molecule has 0 unspecified atom stereocenters. The first kappa shape index (κ1) is 55.9. The molecule has 408 valence electrons. The Hall–Kier alpha value is -5.44. The van der Waals surface area contributed by atoms with E-state index in [1.165, 1.54) is 250 Å². The molecule has 0 amide bonds. The molecule has 1 heterocycles. The summed E-state index contributed by atoms with van der Waals surface area (Å²) in [5.41, 5.74) is 18.5. The summed E-state index contributed by atoms with van der Waals surface area (Å²) in [6.45, 7) is 9.37. The van der Waals surface area contributed by atoms with E-state index in [2.05, 4.69) is 184 Å². The molecular weight excluding hydrogens is 959 g/mol. The quantitative estimate of drug-likeness (QED) is 0.0380. The molecule has 0 radical (unpaired) electrons. The Morgan fingerprint density at radius 1 is 0.321 bits per heavy atom. The predicted molar refractivity (Wildman–Crippen MR) is 344 cm³/mol. The van der Waals surface area contributed by atoms with Gasteiger partial charge >= 0.3 is 0 Å². The third kappa shape index (κ3) is 11.7. The van der Waals surface area contributed by atoms with E-state index in [0.717, 1.165) is 0 Å². The summed E-state index contributed by atoms with van der Waals surface area (Å²) >= 11 is 1.90. The molecule has 8 aromatic rings. The number of unbranched alkanes of at least 4 members (excludes halogenated alkanes) is 20. The average Bonchev–Trinajstić information content (AvgIpc) is 4.31. The standard InChI is InChI=1S/C76H93NS/c1-5-9-13-17-21-31-53-75(54-32-22-18-14-10-6-2)65-40-28-25-38-62(65)73-67(75)42-35-44-69(73)77(60-50-47-58(48-51-60)59-49-52-72-64(57-59)61-37-27-30-46-71(61)78-72)70-45-36-43-68-74(70)63-39-26-29-41-66(63)76(68,55-33-23-19-15-11-7-3)56-34-24-20-16-12-8-4/h25-30,35-52,57H,5-24,31-34,53-56H2,1-4H3. The van der Waals surface area contributed by atoms with Gasteiger partial charge in [-0.1, -0.05) is 291 Å². The van der Waals surface area contributed by atoms with E-state index in [9.17, 15) is 0 Å². The summed E-state index contributed by atoms with van der Waals surface area (Å²) in [6.07, 6.45) is 36.6. The number of anilines is 3. The average molecular weight is 1050 g/mol. The summed E-state index contributed by atoms with van der Waals surface area (Å²) in [5, 5.41) is 2.71. The highest BCUT2D eigenvalue weighted by atomic mass is 32.1. The molecular formula is C76H93NS. The first-order valence-corrected chi connectivity index (χ1v) is 32.7. The minimum absolute atomic E-state index is 0.00784. The Morgan fingerprint density at radius 2 is 0.705 bits per heavy atom. The van der Waals surface area contributed by atoms with Crippen LogP contribution in [0.15, 0.2) is 152 Å². The molecule has 0 aliphatic heterocycles. The number of hydrogen-bond donors (Lipinski definition) is 0. The maximum atomic E-state index is 2.74. The lowest BCUT2D eigenvalue weighted by molar-refractivity contribution is 0.398. The van der Waals surface area contributed by atoms with Crippen LogP contribution in [0.25, 0.3) is 53.6 Å². The van der Waals surface area contributed by atoms with Gasteiger partial charge in [0.15, 0.2) is 0 Å². The van der Waals surface area contributed by atoms with E-state index in [0.29, 0.717) is 0 Å². The normalized spacial score (nSPS) is 13.7. The Labute approximate surface area is 476 Å². The van der Waals surface area contributed by atoms with E-state index in [4.69, 9.17) is 0 Å². The monoisotopic (exact) mass is 1050 g/mol. The van der Waals surface area contributed by atoms with Gasteiger partial charge in [0.25, 0.3) is 0 Å². The van der Waals surface area contributed by atoms with Crippen LogP contribution in [-0.2, 0) is 10.8 Å². The minimum atomic E-state index is -0.00784. The maximum Gasteiger partial charge on any atom is 0.0543 e. The fourth-order valence-electron chi connectivity index (χ4n) is 14.6. The van der Waals surface area contributed by atoms with E-state index in [-0.39, 0.29) is 10.8 Å². The molecule has 0 N–H and O–H groups in total. The molecule has 7 aromatic carbocycles. The van der Waals surface area contributed by atoms with Crippen molar-refractivity contribution in [3.05, 3.63) is 174 Å². The molecule has 2 aliphatic carbocycles. The van der Waals surface area contributed by atoms with Crippen molar-refractivity contribution in [2.24, 2.45) is 0 Å². The Morgan fingerprint density at radius 3 is 1.18 bits per heavy atom. The van der Waals surface area contributed by atoms with Crippen LogP contribution < -0.4 is 4.90 Å².